The Labute approximate surface area is 120 Å². The van der Waals surface area contributed by atoms with Crippen LogP contribution in [0.5, 0.6) is 0 Å². The molecule has 2 rings (SSSR count). The predicted molar refractivity (Wildman–Crippen MR) is 80.8 cm³/mol. The number of carboxylic acid groups (broad SMARTS) is 1. The monoisotopic (exact) mass is 274 g/mol. The first-order valence-electron chi connectivity index (χ1n) is 7.10. The lowest BCUT2D eigenvalue weighted by atomic mass is 9.95. The van der Waals surface area contributed by atoms with Crippen LogP contribution in [0.15, 0.2) is 18.3 Å². The van der Waals surface area contributed by atoms with Crippen LogP contribution in [0.4, 0.5) is 5.82 Å². The molecule has 0 spiro atoms. The van der Waals surface area contributed by atoms with Crippen LogP contribution < -0.4 is 4.90 Å². The van der Waals surface area contributed by atoms with Crippen molar-refractivity contribution in [3.05, 3.63) is 29.5 Å². The molecule has 1 aliphatic heterocycles. The van der Waals surface area contributed by atoms with Gasteiger partial charge in [0.05, 0.1) is 0 Å². The van der Waals surface area contributed by atoms with Gasteiger partial charge in [-0.15, -0.1) is 0 Å². The lowest BCUT2D eigenvalue weighted by Gasteiger charge is -2.21. The summed E-state index contributed by atoms with van der Waals surface area (Å²) in [5, 5.41) is 8.64. The summed E-state index contributed by atoms with van der Waals surface area (Å²) in [6, 6.07) is 1.99. The molecule has 1 saturated heterocycles. The van der Waals surface area contributed by atoms with Crippen LogP contribution in [-0.2, 0) is 4.79 Å². The van der Waals surface area contributed by atoms with Crippen molar-refractivity contribution in [3.8, 4) is 0 Å². The highest BCUT2D eigenvalue weighted by Gasteiger charge is 2.26. The van der Waals surface area contributed by atoms with E-state index in [1.54, 1.807) is 12.3 Å². The lowest BCUT2D eigenvalue weighted by molar-refractivity contribution is -0.131. The minimum absolute atomic E-state index is 0.707. The molecular weight excluding hydrogens is 252 g/mol. The van der Waals surface area contributed by atoms with Crippen molar-refractivity contribution in [1.82, 2.24) is 4.98 Å². The Morgan fingerprint density at radius 1 is 1.55 bits per heavy atom. The molecule has 1 unspecified atom stereocenters. The molecule has 0 aliphatic carbocycles. The second kappa shape index (κ2) is 6.07. The van der Waals surface area contributed by atoms with Gasteiger partial charge in [0.2, 0.25) is 0 Å². The molecule has 4 heteroatoms. The average Bonchev–Trinajstić information content (AvgIpc) is 2.86. The van der Waals surface area contributed by atoms with Crippen molar-refractivity contribution in [2.24, 2.45) is 11.8 Å². The molecule has 1 aromatic heterocycles. The van der Waals surface area contributed by atoms with Gasteiger partial charge in [0, 0.05) is 25.4 Å². The fourth-order valence-corrected chi connectivity index (χ4v) is 2.70. The number of pyridine rings is 1. The second-order valence-corrected chi connectivity index (χ2v) is 5.82. The molecule has 1 aliphatic rings. The SMILES string of the molecule is Cc1cc(/C=C/C(=O)O)cnc1N1CCC(C(C)C)C1. The highest BCUT2D eigenvalue weighted by molar-refractivity contribution is 5.85. The van der Waals surface area contributed by atoms with E-state index in [4.69, 9.17) is 5.11 Å². The van der Waals surface area contributed by atoms with E-state index >= 15 is 0 Å². The molecule has 2 heterocycles. The number of nitrogens with zero attached hydrogens (tertiary/aromatic N) is 2. The Morgan fingerprint density at radius 2 is 2.30 bits per heavy atom. The first-order valence-corrected chi connectivity index (χ1v) is 7.10. The summed E-state index contributed by atoms with van der Waals surface area (Å²) in [5.74, 6) is 1.53. The maximum Gasteiger partial charge on any atom is 0.328 e. The molecule has 0 radical (unpaired) electrons. The normalized spacial score (nSPS) is 19.2. The molecule has 0 bridgehead atoms. The molecule has 20 heavy (non-hydrogen) atoms. The third kappa shape index (κ3) is 3.38. The minimum Gasteiger partial charge on any atom is -0.478 e. The topological polar surface area (TPSA) is 53.4 Å². The molecule has 108 valence electrons. The van der Waals surface area contributed by atoms with Crippen molar-refractivity contribution < 1.29 is 9.90 Å². The van der Waals surface area contributed by atoms with Crippen molar-refractivity contribution >= 4 is 17.9 Å². The van der Waals surface area contributed by atoms with Crippen LogP contribution in [-0.4, -0.2) is 29.1 Å². The molecule has 4 nitrogen and oxygen atoms in total. The molecule has 0 amide bonds. The van der Waals surface area contributed by atoms with Gasteiger partial charge < -0.3 is 10.0 Å². The zero-order valence-electron chi connectivity index (χ0n) is 12.3. The molecule has 1 fully saturated rings. The number of anilines is 1. The zero-order chi connectivity index (χ0) is 14.7. The average molecular weight is 274 g/mol. The van der Waals surface area contributed by atoms with Crippen molar-refractivity contribution in [2.75, 3.05) is 18.0 Å². The van der Waals surface area contributed by atoms with E-state index < -0.39 is 5.97 Å². The van der Waals surface area contributed by atoms with Gasteiger partial charge in [-0.3, -0.25) is 0 Å². The summed E-state index contributed by atoms with van der Waals surface area (Å²) in [6.45, 7) is 8.70. The molecular formula is C16H22N2O2. The number of aryl methyl sites for hydroxylation is 1. The molecule has 0 saturated carbocycles. The Hall–Kier alpha value is -1.84. The summed E-state index contributed by atoms with van der Waals surface area (Å²) >= 11 is 0. The van der Waals surface area contributed by atoms with E-state index in [9.17, 15) is 4.79 Å². The van der Waals surface area contributed by atoms with E-state index in [2.05, 4.69) is 23.7 Å². The maximum absolute atomic E-state index is 10.5. The zero-order valence-corrected chi connectivity index (χ0v) is 12.3. The van der Waals surface area contributed by atoms with Crippen molar-refractivity contribution in [2.45, 2.75) is 27.2 Å². The third-order valence-electron chi connectivity index (χ3n) is 3.96. The van der Waals surface area contributed by atoms with Gasteiger partial charge in [-0.05, 0) is 48.4 Å². The van der Waals surface area contributed by atoms with Gasteiger partial charge in [-0.1, -0.05) is 13.8 Å². The maximum atomic E-state index is 10.5. The number of hydrogen-bond acceptors (Lipinski definition) is 3. The second-order valence-electron chi connectivity index (χ2n) is 5.82. The van der Waals surface area contributed by atoms with E-state index in [1.807, 2.05) is 13.0 Å². The third-order valence-corrected chi connectivity index (χ3v) is 3.96. The fourth-order valence-electron chi connectivity index (χ4n) is 2.70. The Bertz CT molecular complexity index is 523. The first-order chi connectivity index (χ1) is 9.47. The Balaban J connectivity index is 2.12. The predicted octanol–water partition coefficient (Wildman–Crippen LogP) is 2.97. The van der Waals surface area contributed by atoms with Gasteiger partial charge in [0.1, 0.15) is 5.82 Å². The van der Waals surface area contributed by atoms with Crippen LogP contribution in [0.1, 0.15) is 31.4 Å². The first kappa shape index (κ1) is 14.6. The van der Waals surface area contributed by atoms with Crippen LogP contribution in [0.3, 0.4) is 0 Å². The van der Waals surface area contributed by atoms with Gasteiger partial charge >= 0.3 is 5.97 Å². The van der Waals surface area contributed by atoms with Crippen LogP contribution in [0, 0.1) is 18.8 Å². The van der Waals surface area contributed by atoms with E-state index in [-0.39, 0.29) is 0 Å². The van der Waals surface area contributed by atoms with Crippen molar-refractivity contribution in [3.63, 3.8) is 0 Å². The number of aromatic nitrogens is 1. The quantitative estimate of drug-likeness (QED) is 0.858. The summed E-state index contributed by atoms with van der Waals surface area (Å²) in [6.07, 6.45) is 5.68. The van der Waals surface area contributed by atoms with Gasteiger partial charge in [-0.25, -0.2) is 9.78 Å². The minimum atomic E-state index is -0.939. The van der Waals surface area contributed by atoms with Crippen molar-refractivity contribution in [1.29, 1.82) is 0 Å². The highest BCUT2D eigenvalue weighted by Crippen LogP contribution is 2.29. The van der Waals surface area contributed by atoms with Crippen LogP contribution >= 0.6 is 0 Å². The number of hydrogen-bond donors (Lipinski definition) is 1. The van der Waals surface area contributed by atoms with Crippen LogP contribution in [0.2, 0.25) is 0 Å². The Kier molecular flexibility index (Phi) is 4.42. The van der Waals surface area contributed by atoms with Gasteiger partial charge in [-0.2, -0.15) is 0 Å². The molecule has 1 N–H and O–H groups in total. The van der Waals surface area contributed by atoms with E-state index in [1.165, 1.54) is 6.42 Å². The summed E-state index contributed by atoms with van der Waals surface area (Å²) in [4.78, 5) is 17.4. The number of carboxylic acids is 1. The van der Waals surface area contributed by atoms with Gasteiger partial charge in [0.25, 0.3) is 0 Å². The number of carbonyl (C=O) groups is 1. The van der Waals surface area contributed by atoms with E-state index in [0.29, 0.717) is 5.92 Å². The molecule has 0 aromatic carbocycles. The summed E-state index contributed by atoms with van der Waals surface area (Å²) in [5.41, 5.74) is 1.93. The van der Waals surface area contributed by atoms with E-state index in [0.717, 1.165) is 42.0 Å². The molecule has 1 atom stereocenters. The molecule has 1 aromatic rings. The largest absolute Gasteiger partial charge is 0.478 e. The highest BCUT2D eigenvalue weighted by atomic mass is 16.4. The lowest BCUT2D eigenvalue weighted by Crippen LogP contribution is -2.23. The summed E-state index contributed by atoms with van der Waals surface area (Å²) < 4.78 is 0. The standard InChI is InChI=1S/C16H22N2O2/c1-11(2)14-6-7-18(10-14)16-12(3)8-13(9-17-16)4-5-15(19)20/h4-5,8-9,11,14H,6-7,10H2,1-3H3,(H,19,20)/b5-4+. The van der Waals surface area contributed by atoms with Crippen LogP contribution in [0.25, 0.3) is 6.08 Å². The number of rotatable bonds is 4. The summed E-state index contributed by atoms with van der Waals surface area (Å²) in [7, 11) is 0. The smallest absolute Gasteiger partial charge is 0.328 e. The number of aliphatic carboxylic acids is 1. The van der Waals surface area contributed by atoms with Gasteiger partial charge in [0.15, 0.2) is 0 Å². The fraction of sp³-hybridized carbons (Fsp3) is 0.500. The Morgan fingerprint density at radius 3 is 2.85 bits per heavy atom.